The summed E-state index contributed by atoms with van der Waals surface area (Å²) in [5.74, 6) is -1.33. The van der Waals surface area contributed by atoms with Gasteiger partial charge in [0, 0.05) is 0 Å². The van der Waals surface area contributed by atoms with Crippen molar-refractivity contribution in [3.8, 4) is 0 Å². The van der Waals surface area contributed by atoms with E-state index in [1.807, 2.05) is 0 Å². The summed E-state index contributed by atoms with van der Waals surface area (Å²) < 4.78 is 10.2. The first kappa shape index (κ1) is 30.9. The summed E-state index contributed by atoms with van der Waals surface area (Å²) in [5, 5.41) is 0. The molecule has 0 fully saturated rings. The van der Waals surface area contributed by atoms with Crippen LogP contribution in [0.5, 0.6) is 0 Å². The second-order valence-electron chi connectivity index (χ2n) is 9.45. The van der Waals surface area contributed by atoms with E-state index in [0.29, 0.717) is 19.1 Å². The molecule has 0 spiro atoms. The molecular weight excluding hydrogens is 400 g/mol. The Kier molecular flexibility index (Phi) is 23.8. The summed E-state index contributed by atoms with van der Waals surface area (Å²) in [4.78, 5) is 23.5. The van der Waals surface area contributed by atoms with E-state index >= 15 is 0 Å². The van der Waals surface area contributed by atoms with Gasteiger partial charge in [-0.15, -0.1) is 0 Å². The molecule has 0 aliphatic rings. The minimum atomic E-state index is -0.837. The molecule has 0 aliphatic carbocycles. The Hall–Kier alpha value is -1.06. The van der Waals surface area contributed by atoms with E-state index in [1.165, 1.54) is 89.9 Å². The number of ether oxygens (including phenoxy) is 2. The van der Waals surface area contributed by atoms with Crippen LogP contribution in [0, 0.1) is 5.92 Å². The van der Waals surface area contributed by atoms with Crippen molar-refractivity contribution in [2.24, 2.45) is 5.92 Å². The van der Waals surface area contributed by atoms with Gasteiger partial charge in [-0.25, -0.2) is 9.59 Å². The van der Waals surface area contributed by atoms with Gasteiger partial charge in [0.25, 0.3) is 0 Å². The summed E-state index contributed by atoms with van der Waals surface area (Å²) in [6.07, 6.45) is 25.2. The Morgan fingerprint density at radius 2 is 0.938 bits per heavy atom. The molecule has 0 heterocycles. The van der Waals surface area contributed by atoms with Gasteiger partial charge in [-0.1, -0.05) is 136 Å². The number of esters is 2. The normalized spacial score (nSPS) is 12.0. The van der Waals surface area contributed by atoms with E-state index in [2.05, 4.69) is 20.8 Å². The fraction of sp³-hybridized carbons (Fsp3) is 0.929. The molecule has 0 N–H and O–H groups in total. The monoisotopic (exact) mass is 454 g/mol. The third-order valence-corrected chi connectivity index (χ3v) is 6.39. The third-order valence-electron chi connectivity index (χ3n) is 6.39. The van der Waals surface area contributed by atoms with Gasteiger partial charge in [-0.2, -0.15) is 0 Å². The molecule has 0 aromatic heterocycles. The first-order valence-electron chi connectivity index (χ1n) is 14.0. The van der Waals surface area contributed by atoms with Gasteiger partial charge >= 0.3 is 11.9 Å². The van der Waals surface area contributed by atoms with Gasteiger partial charge in [0.1, 0.15) is 0 Å². The Bertz CT molecular complexity index is 422. The first-order valence-corrected chi connectivity index (χ1v) is 14.0. The maximum Gasteiger partial charge on any atom is 0.417 e. The smallest absolute Gasteiger partial charge is 0.417 e. The van der Waals surface area contributed by atoms with E-state index in [9.17, 15) is 9.59 Å². The maximum absolute atomic E-state index is 11.7. The third kappa shape index (κ3) is 20.8. The molecule has 0 aliphatic heterocycles. The highest BCUT2D eigenvalue weighted by Crippen LogP contribution is 2.14. The molecule has 1 atom stereocenters. The van der Waals surface area contributed by atoms with Crippen LogP contribution in [0.4, 0.5) is 0 Å². The van der Waals surface area contributed by atoms with Gasteiger partial charge in [-0.3, -0.25) is 0 Å². The zero-order chi connectivity index (χ0) is 23.7. The van der Waals surface area contributed by atoms with E-state index in [-0.39, 0.29) is 0 Å². The summed E-state index contributed by atoms with van der Waals surface area (Å²) in [7, 11) is 0. The lowest BCUT2D eigenvalue weighted by atomic mass is 10.0. The van der Waals surface area contributed by atoms with Crippen LogP contribution in [0.1, 0.15) is 149 Å². The van der Waals surface area contributed by atoms with Crippen molar-refractivity contribution in [2.45, 2.75) is 149 Å². The van der Waals surface area contributed by atoms with E-state index in [0.717, 1.165) is 38.5 Å². The topological polar surface area (TPSA) is 52.6 Å². The minimum absolute atomic E-state index is 0.319. The van der Waals surface area contributed by atoms with Crippen LogP contribution in [0.2, 0.25) is 0 Å². The van der Waals surface area contributed by atoms with Crippen LogP contribution in [0.15, 0.2) is 0 Å². The van der Waals surface area contributed by atoms with Gasteiger partial charge in [0.2, 0.25) is 0 Å². The van der Waals surface area contributed by atoms with Crippen molar-refractivity contribution < 1.29 is 19.1 Å². The van der Waals surface area contributed by atoms with Crippen LogP contribution in [0.3, 0.4) is 0 Å². The van der Waals surface area contributed by atoms with Gasteiger partial charge < -0.3 is 9.47 Å². The SMILES string of the molecule is CCCCCCCCCCCCCCCCCCOC(=O)C(=O)OCC(CC)CCCC. The summed E-state index contributed by atoms with van der Waals surface area (Å²) >= 11 is 0. The van der Waals surface area contributed by atoms with Gasteiger partial charge in [0.15, 0.2) is 0 Å². The van der Waals surface area contributed by atoms with Crippen molar-refractivity contribution >= 4 is 11.9 Å². The van der Waals surface area contributed by atoms with Crippen molar-refractivity contribution in [1.29, 1.82) is 0 Å². The fourth-order valence-electron chi connectivity index (χ4n) is 4.02. The van der Waals surface area contributed by atoms with Crippen LogP contribution in [-0.2, 0) is 19.1 Å². The Morgan fingerprint density at radius 1 is 0.531 bits per heavy atom. The van der Waals surface area contributed by atoms with Crippen molar-refractivity contribution in [1.82, 2.24) is 0 Å². The number of hydrogen-bond acceptors (Lipinski definition) is 4. The number of hydrogen-bond donors (Lipinski definition) is 0. The zero-order valence-corrected chi connectivity index (χ0v) is 21.8. The highest BCUT2D eigenvalue weighted by atomic mass is 16.6. The number of unbranched alkanes of at least 4 members (excludes halogenated alkanes) is 16. The molecule has 0 rings (SSSR count). The average Bonchev–Trinajstić information content (AvgIpc) is 2.80. The maximum atomic E-state index is 11.7. The predicted molar refractivity (Wildman–Crippen MR) is 135 cm³/mol. The standard InChI is InChI=1S/C28H54O4/c1-4-7-9-10-11-12-13-14-15-16-17-18-19-20-21-22-24-31-27(29)28(30)32-25-26(6-3)23-8-5-2/h26H,4-25H2,1-3H3. The van der Waals surface area contributed by atoms with Gasteiger partial charge in [0.05, 0.1) is 13.2 Å². The number of carbonyl (C=O) groups is 2. The first-order chi connectivity index (χ1) is 15.7. The lowest BCUT2D eigenvalue weighted by molar-refractivity contribution is -0.168. The molecular formula is C28H54O4. The molecule has 0 radical (unpaired) electrons. The van der Waals surface area contributed by atoms with Crippen LogP contribution in [-0.4, -0.2) is 25.2 Å². The highest BCUT2D eigenvalue weighted by Gasteiger charge is 2.18. The molecule has 1 unspecified atom stereocenters. The molecule has 0 amide bonds. The quantitative estimate of drug-likeness (QED) is 0.0881. The summed E-state index contributed by atoms with van der Waals surface area (Å²) in [6, 6.07) is 0. The van der Waals surface area contributed by atoms with E-state index in [4.69, 9.17) is 9.47 Å². The zero-order valence-electron chi connectivity index (χ0n) is 21.8. The lowest BCUT2D eigenvalue weighted by Crippen LogP contribution is -2.23. The molecule has 0 aromatic carbocycles. The van der Waals surface area contributed by atoms with Crippen LogP contribution < -0.4 is 0 Å². The molecule has 4 heteroatoms. The molecule has 32 heavy (non-hydrogen) atoms. The molecule has 0 saturated heterocycles. The van der Waals surface area contributed by atoms with E-state index in [1.54, 1.807) is 0 Å². The molecule has 0 bridgehead atoms. The molecule has 4 nitrogen and oxygen atoms in total. The molecule has 190 valence electrons. The van der Waals surface area contributed by atoms with Crippen molar-refractivity contribution in [3.63, 3.8) is 0 Å². The summed E-state index contributed by atoms with van der Waals surface area (Å²) in [6.45, 7) is 7.15. The lowest BCUT2D eigenvalue weighted by Gasteiger charge is -2.14. The highest BCUT2D eigenvalue weighted by molar-refractivity contribution is 6.29. The predicted octanol–water partition coefficient (Wildman–Crippen LogP) is 8.55. The number of rotatable bonds is 23. The van der Waals surface area contributed by atoms with E-state index < -0.39 is 11.9 Å². The van der Waals surface area contributed by atoms with Crippen molar-refractivity contribution in [3.05, 3.63) is 0 Å². The van der Waals surface area contributed by atoms with Crippen LogP contribution >= 0.6 is 0 Å². The molecule has 0 saturated carbocycles. The largest absolute Gasteiger partial charge is 0.457 e. The van der Waals surface area contributed by atoms with Gasteiger partial charge in [-0.05, 0) is 18.8 Å². The molecule has 0 aromatic rings. The fourth-order valence-corrected chi connectivity index (χ4v) is 4.02. The minimum Gasteiger partial charge on any atom is -0.457 e. The van der Waals surface area contributed by atoms with Crippen LogP contribution in [0.25, 0.3) is 0 Å². The second kappa shape index (κ2) is 24.6. The second-order valence-corrected chi connectivity index (χ2v) is 9.45. The Balaban J connectivity index is 3.38. The Labute approximate surface area is 199 Å². The van der Waals surface area contributed by atoms with Crippen molar-refractivity contribution in [2.75, 3.05) is 13.2 Å². The number of carbonyl (C=O) groups excluding carboxylic acids is 2. The Morgan fingerprint density at radius 3 is 1.38 bits per heavy atom. The summed E-state index contributed by atoms with van der Waals surface area (Å²) in [5.41, 5.74) is 0. The average molecular weight is 455 g/mol.